The molecule has 0 radical (unpaired) electrons. The molecule has 1 heterocycles. The minimum Gasteiger partial charge on any atom is -0.325 e. The van der Waals surface area contributed by atoms with Crippen molar-refractivity contribution in [1.29, 1.82) is 5.26 Å². The molecule has 2 aromatic rings. The number of benzene rings is 1. The maximum Gasteiger partial charge on any atom is 0.238 e. The van der Waals surface area contributed by atoms with Crippen LogP contribution in [0.25, 0.3) is 0 Å². The molecule has 0 saturated heterocycles. The number of carbonyl (C=O) groups is 1. The largest absolute Gasteiger partial charge is 0.325 e. The van der Waals surface area contributed by atoms with Crippen LogP contribution in [0.1, 0.15) is 11.1 Å². The molecule has 0 atom stereocenters. The van der Waals surface area contributed by atoms with Gasteiger partial charge in [-0.15, -0.1) is 0 Å². The predicted octanol–water partition coefficient (Wildman–Crippen LogP) is 2.07. The van der Waals surface area contributed by atoms with Crippen molar-refractivity contribution in [2.45, 2.75) is 6.42 Å². The average molecular weight is 294 g/mol. The van der Waals surface area contributed by atoms with Gasteiger partial charge in [-0.25, -0.2) is 0 Å². The lowest BCUT2D eigenvalue weighted by atomic mass is 10.2. The standard InChI is InChI=1S/C17H18N4O/c1-21(11-8-14-6-9-19-10-7-14)13-17(22)20-16-4-2-15(12-18)3-5-16/h2-7,9-10H,8,11,13H2,1H3,(H,20,22). The fourth-order valence-electron chi connectivity index (χ4n) is 2.02. The number of likely N-dealkylation sites (N-methyl/N-ethyl adjacent to an activating group) is 1. The molecule has 1 N–H and O–H groups in total. The van der Waals surface area contributed by atoms with E-state index in [-0.39, 0.29) is 5.91 Å². The Morgan fingerprint density at radius 3 is 2.55 bits per heavy atom. The number of aromatic nitrogens is 1. The van der Waals surface area contributed by atoms with Crippen molar-refractivity contribution < 1.29 is 4.79 Å². The highest BCUT2D eigenvalue weighted by molar-refractivity contribution is 5.92. The lowest BCUT2D eigenvalue weighted by molar-refractivity contribution is -0.117. The van der Waals surface area contributed by atoms with Gasteiger partial charge in [0.05, 0.1) is 18.2 Å². The number of nitrogens with zero attached hydrogens (tertiary/aromatic N) is 3. The van der Waals surface area contributed by atoms with Crippen molar-refractivity contribution in [3.63, 3.8) is 0 Å². The van der Waals surface area contributed by atoms with E-state index in [4.69, 9.17) is 5.26 Å². The number of rotatable bonds is 6. The molecule has 0 aliphatic rings. The van der Waals surface area contributed by atoms with Crippen LogP contribution in [0, 0.1) is 11.3 Å². The van der Waals surface area contributed by atoms with Gasteiger partial charge in [-0.2, -0.15) is 5.26 Å². The van der Waals surface area contributed by atoms with Crippen molar-refractivity contribution in [2.75, 3.05) is 25.5 Å². The van der Waals surface area contributed by atoms with Gasteiger partial charge in [-0.3, -0.25) is 14.7 Å². The Morgan fingerprint density at radius 1 is 1.23 bits per heavy atom. The number of hydrogen-bond acceptors (Lipinski definition) is 4. The van der Waals surface area contributed by atoms with E-state index in [1.54, 1.807) is 36.7 Å². The summed E-state index contributed by atoms with van der Waals surface area (Å²) in [6.45, 7) is 1.12. The van der Waals surface area contributed by atoms with Gasteiger partial charge in [0.1, 0.15) is 0 Å². The normalized spacial score (nSPS) is 10.2. The summed E-state index contributed by atoms with van der Waals surface area (Å²) < 4.78 is 0. The molecule has 0 unspecified atom stereocenters. The third-order valence-electron chi connectivity index (χ3n) is 3.24. The van der Waals surface area contributed by atoms with E-state index in [1.165, 1.54) is 5.56 Å². The molecule has 1 aromatic carbocycles. The molecule has 1 aromatic heterocycles. The molecule has 0 saturated carbocycles. The number of hydrogen-bond donors (Lipinski definition) is 1. The van der Waals surface area contributed by atoms with E-state index in [2.05, 4.69) is 10.3 Å². The Kier molecular flexibility index (Phi) is 5.64. The minimum atomic E-state index is -0.0677. The molecule has 5 heteroatoms. The number of pyridine rings is 1. The van der Waals surface area contributed by atoms with Gasteiger partial charge in [-0.1, -0.05) is 0 Å². The number of nitriles is 1. The van der Waals surface area contributed by atoms with E-state index < -0.39 is 0 Å². The third kappa shape index (κ3) is 5.00. The zero-order valence-corrected chi connectivity index (χ0v) is 12.5. The molecular weight excluding hydrogens is 276 g/mol. The van der Waals surface area contributed by atoms with Gasteiger partial charge in [-0.05, 0) is 55.4 Å². The highest BCUT2D eigenvalue weighted by Gasteiger charge is 2.07. The molecule has 0 fully saturated rings. The van der Waals surface area contributed by atoms with Crippen molar-refractivity contribution >= 4 is 11.6 Å². The monoisotopic (exact) mass is 294 g/mol. The Labute approximate surface area is 130 Å². The van der Waals surface area contributed by atoms with E-state index in [0.717, 1.165) is 13.0 Å². The second-order valence-corrected chi connectivity index (χ2v) is 5.08. The lowest BCUT2D eigenvalue weighted by Crippen LogP contribution is -2.31. The van der Waals surface area contributed by atoms with Crippen LogP contribution in [0.2, 0.25) is 0 Å². The second kappa shape index (κ2) is 7.91. The molecule has 2 rings (SSSR count). The van der Waals surface area contributed by atoms with Crippen LogP contribution in [-0.2, 0) is 11.2 Å². The van der Waals surface area contributed by atoms with E-state index >= 15 is 0 Å². The van der Waals surface area contributed by atoms with Crippen LogP contribution >= 0.6 is 0 Å². The highest BCUT2D eigenvalue weighted by atomic mass is 16.2. The predicted molar refractivity (Wildman–Crippen MR) is 85.2 cm³/mol. The van der Waals surface area contributed by atoms with E-state index in [9.17, 15) is 4.79 Å². The number of carbonyl (C=O) groups excluding carboxylic acids is 1. The molecule has 0 spiro atoms. The summed E-state index contributed by atoms with van der Waals surface area (Å²) in [4.78, 5) is 17.9. The Morgan fingerprint density at radius 2 is 1.91 bits per heavy atom. The molecule has 22 heavy (non-hydrogen) atoms. The molecule has 0 aliphatic carbocycles. The summed E-state index contributed by atoms with van der Waals surface area (Å²) in [5, 5.41) is 11.6. The van der Waals surface area contributed by atoms with Crippen LogP contribution in [0.5, 0.6) is 0 Å². The maximum absolute atomic E-state index is 12.0. The topological polar surface area (TPSA) is 69.0 Å². The van der Waals surface area contributed by atoms with Crippen LogP contribution in [0.4, 0.5) is 5.69 Å². The zero-order chi connectivity index (χ0) is 15.8. The van der Waals surface area contributed by atoms with Crippen LogP contribution in [-0.4, -0.2) is 35.9 Å². The molecule has 0 aliphatic heterocycles. The Hall–Kier alpha value is -2.71. The smallest absolute Gasteiger partial charge is 0.238 e. The number of nitrogens with one attached hydrogen (secondary N) is 1. The zero-order valence-electron chi connectivity index (χ0n) is 12.5. The quantitative estimate of drug-likeness (QED) is 0.885. The number of anilines is 1. The summed E-state index contributed by atoms with van der Waals surface area (Å²) in [5.41, 5.74) is 2.48. The van der Waals surface area contributed by atoms with Crippen LogP contribution < -0.4 is 5.32 Å². The fourth-order valence-corrected chi connectivity index (χ4v) is 2.02. The first-order valence-electron chi connectivity index (χ1n) is 7.05. The van der Waals surface area contributed by atoms with Crippen molar-refractivity contribution in [3.8, 4) is 6.07 Å². The first-order chi connectivity index (χ1) is 10.7. The van der Waals surface area contributed by atoms with Gasteiger partial charge in [0.2, 0.25) is 5.91 Å². The van der Waals surface area contributed by atoms with Crippen molar-refractivity contribution in [1.82, 2.24) is 9.88 Å². The van der Waals surface area contributed by atoms with Gasteiger partial charge in [0.15, 0.2) is 0 Å². The first-order valence-corrected chi connectivity index (χ1v) is 7.05. The summed E-state index contributed by atoms with van der Waals surface area (Å²) in [7, 11) is 1.92. The average Bonchev–Trinajstić information content (AvgIpc) is 2.54. The Bertz CT molecular complexity index is 647. The fraction of sp³-hybridized carbons (Fsp3) is 0.235. The third-order valence-corrected chi connectivity index (χ3v) is 3.24. The van der Waals surface area contributed by atoms with Gasteiger partial charge >= 0.3 is 0 Å². The highest BCUT2D eigenvalue weighted by Crippen LogP contribution is 2.08. The summed E-state index contributed by atoms with van der Waals surface area (Å²) >= 11 is 0. The van der Waals surface area contributed by atoms with Crippen molar-refractivity contribution in [2.24, 2.45) is 0 Å². The molecule has 1 amide bonds. The van der Waals surface area contributed by atoms with Gasteiger partial charge in [0, 0.05) is 24.6 Å². The molecule has 0 bridgehead atoms. The lowest BCUT2D eigenvalue weighted by Gasteiger charge is -2.16. The minimum absolute atomic E-state index is 0.0677. The molecule has 5 nitrogen and oxygen atoms in total. The maximum atomic E-state index is 12.0. The molecular formula is C17H18N4O. The molecule has 112 valence electrons. The second-order valence-electron chi connectivity index (χ2n) is 5.08. The van der Waals surface area contributed by atoms with Crippen molar-refractivity contribution in [3.05, 3.63) is 59.9 Å². The summed E-state index contributed by atoms with van der Waals surface area (Å²) in [5.74, 6) is -0.0677. The van der Waals surface area contributed by atoms with Crippen LogP contribution in [0.3, 0.4) is 0 Å². The first kappa shape index (κ1) is 15.7. The number of amides is 1. The van der Waals surface area contributed by atoms with E-state index in [0.29, 0.717) is 17.8 Å². The SMILES string of the molecule is CN(CCc1ccncc1)CC(=O)Nc1ccc(C#N)cc1. The van der Waals surface area contributed by atoms with Crippen LogP contribution in [0.15, 0.2) is 48.8 Å². The summed E-state index contributed by atoms with van der Waals surface area (Å²) in [6.07, 6.45) is 4.42. The van der Waals surface area contributed by atoms with Gasteiger partial charge in [0.25, 0.3) is 0 Å². The van der Waals surface area contributed by atoms with E-state index in [1.807, 2.05) is 30.1 Å². The Balaban J connectivity index is 1.77. The van der Waals surface area contributed by atoms with Gasteiger partial charge < -0.3 is 5.32 Å². The summed E-state index contributed by atoms with van der Waals surface area (Å²) in [6, 6.07) is 12.8.